The van der Waals surface area contributed by atoms with Crippen LogP contribution in [0, 0.1) is 10.1 Å². The van der Waals surface area contributed by atoms with Gasteiger partial charge in [-0.05, 0) is 17.5 Å². The molecule has 0 aliphatic heterocycles. The van der Waals surface area contributed by atoms with Gasteiger partial charge < -0.3 is 0 Å². The molecule has 0 aromatic carbocycles. The summed E-state index contributed by atoms with van der Waals surface area (Å²) in [4.78, 5) is 26.8. The first-order chi connectivity index (χ1) is 10.1. The van der Waals surface area contributed by atoms with E-state index >= 15 is 0 Å². The molecule has 0 bridgehead atoms. The van der Waals surface area contributed by atoms with Crippen LogP contribution in [0.1, 0.15) is 5.69 Å². The lowest BCUT2D eigenvalue weighted by atomic mass is 10.4. The van der Waals surface area contributed by atoms with Crippen LogP contribution in [0.2, 0.25) is 0 Å². The fraction of sp³-hybridized carbons (Fsp3) is 0.0769. The van der Waals surface area contributed by atoms with Crippen molar-refractivity contribution in [1.82, 2.24) is 9.38 Å². The Kier molecular flexibility index (Phi) is 3.72. The molecule has 0 saturated carbocycles. The molecule has 3 aromatic rings. The number of pyridine rings is 1. The highest BCUT2D eigenvalue weighted by Gasteiger charge is 2.15. The van der Waals surface area contributed by atoms with Gasteiger partial charge in [0.2, 0.25) is 0 Å². The van der Waals surface area contributed by atoms with E-state index in [9.17, 15) is 14.9 Å². The molecule has 6 nitrogen and oxygen atoms in total. The van der Waals surface area contributed by atoms with Crippen molar-refractivity contribution >= 4 is 34.4 Å². The summed E-state index contributed by atoms with van der Waals surface area (Å²) in [5.41, 5.74) is 1.12. The number of aromatic nitrogens is 2. The number of thiophene rings is 1. The Morgan fingerprint density at radius 3 is 3.05 bits per heavy atom. The van der Waals surface area contributed by atoms with Gasteiger partial charge in [0.05, 0.1) is 10.6 Å². The zero-order chi connectivity index (χ0) is 14.8. The molecule has 8 heteroatoms. The van der Waals surface area contributed by atoms with Crippen molar-refractivity contribution in [3.05, 3.63) is 68.1 Å². The molecule has 3 aromatic heterocycles. The monoisotopic (exact) mass is 319 g/mol. The van der Waals surface area contributed by atoms with E-state index in [4.69, 9.17) is 0 Å². The molecule has 0 N–H and O–H groups in total. The van der Waals surface area contributed by atoms with Crippen LogP contribution < -0.4 is 5.56 Å². The summed E-state index contributed by atoms with van der Waals surface area (Å²) >= 11 is 2.63. The maximum Gasteiger partial charge on any atom is 0.293 e. The van der Waals surface area contributed by atoms with Crippen LogP contribution >= 0.6 is 23.1 Å². The van der Waals surface area contributed by atoms with Crippen LogP contribution in [-0.4, -0.2) is 14.3 Å². The zero-order valence-corrected chi connectivity index (χ0v) is 12.3. The maximum absolute atomic E-state index is 11.9. The Hall–Kier alpha value is -2.19. The predicted octanol–water partition coefficient (Wildman–Crippen LogP) is 2.96. The van der Waals surface area contributed by atoms with Crippen molar-refractivity contribution in [3.8, 4) is 0 Å². The summed E-state index contributed by atoms with van der Waals surface area (Å²) in [7, 11) is 0. The largest absolute Gasteiger partial charge is 0.293 e. The minimum absolute atomic E-state index is 0.0995. The maximum atomic E-state index is 11.9. The number of nitro groups is 1. The summed E-state index contributed by atoms with van der Waals surface area (Å²) in [6.45, 7) is 0. The van der Waals surface area contributed by atoms with Crippen LogP contribution in [0.15, 0.2) is 50.9 Å². The Morgan fingerprint density at radius 2 is 2.24 bits per heavy atom. The Labute approximate surface area is 127 Å². The molecule has 0 fully saturated rings. The van der Waals surface area contributed by atoms with E-state index in [-0.39, 0.29) is 11.2 Å². The first-order valence-corrected chi connectivity index (χ1v) is 7.83. The molecule has 0 atom stereocenters. The molecule has 21 heavy (non-hydrogen) atoms. The number of thioether (sulfide) groups is 1. The third kappa shape index (κ3) is 2.81. The number of nitrogens with zero attached hydrogens (tertiary/aromatic N) is 3. The van der Waals surface area contributed by atoms with Crippen LogP contribution in [0.4, 0.5) is 5.69 Å². The fourth-order valence-electron chi connectivity index (χ4n) is 1.85. The van der Waals surface area contributed by atoms with E-state index in [1.807, 2.05) is 6.07 Å². The highest BCUT2D eigenvalue weighted by atomic mass is 32.2. The second-order valence-corrected chi connectivity index (χ2v) is 6.31. The highest BCUT2D eigenvalue weighted by Crippen LogP contribution is 2.35. The first-order valence-electron chi connectivity index (χ1n) is 5.97. The summed E-state index contributed by atoms with van der Waals surface area (Å²) in [6.07, 6.45) is 1.66. The van der Waals surface area contributed by atoms with Crippen molar-refractivity contribution in [1.29, 1.82) is 0 Å². The van der Waals surface area contributed by atoms with Gasteiger partial charge in [0, 0.05) is 24.1 Å². The number of fused-ring (bicyclic) bond motifs is 1. The van der Waals surface area contributed by atoms with Crippen LogP contribution in [0.25, 0.3) is 5.65 Å². The molecule has 0 saturated heterocycles. The first kappa shape index (κ1) is 13.8. The fourth-order valence-corrected chi connectivity index (χ4v) is 3.77. The van der Waals surface area contributed by atoms with Crippen molar-refractivity contribution in [3.63, 3.8) is 0 Å². The van der Waals surface area contributed by atoms with E-state index in [0.29, 0.717) is 21.3 Å². The summed E-state index contributed by atoms with van der Waals surface area (Å²) in [6, 6.07) is 8.26. The van der Waals surface area contributed by atoms with Gasteiger partial charge in [-0.25, -0.2) is 4.98 Å². The minimum Gasteiger partial charge on any atom is -0.269 e. The molecule has 106 valence electrons. The standard InChI is InChI=1S/C13H9N3O3S2/c17-12-7-9(14-11-3-1-2-5-15(11)12)8-21-13-10(16(18)19)4-6-20-13/h1-7H,8H2. The summed E-state index contributed by atoms with van der Waals surface area (Å²) < 4.78 is 2.08. The van der Waals surface area contributed by atoms with Crippen molar-refractivity contribution in [2.45, 2.75) is 9.96 Å². The normalized spacial score (nSPS) is 10.9. The minimum atomic E-state index is -0.401. The Balaban J connectivity index is 1.87. The molecular formula is C13H9N3O3S2. The second kappa shape index (κ2) is 5.66. The topological polar surface area (TPSA) is 77.5 Å². The van der Waals surface area contributed by atoms with Crippen LogP contribution in [0.5, 0.6) is 0 Å². The van der Waals surface area contributed by atoms with Gasteiger partial charge in [-0.2, -0.15) is 0 Å². The van der Waals surface area contributed by atoms with E-state index in [0.717, 1.165) is 0 Å². The van der Waals surface area contributed by atoms with Gasteiger partial charge in [-0.1, -0.05) is 6.07 Å². The molecule has 0 unspecified atom stereocenters. The predicted molar refractivity (Wildman–Crippen MR) is 82.0 cm³/mol. The molecule has 0 aliphatic carbocycles. The van der Waals surface area contributed by atoms with Gasteiger partial charge in [0.1, 0.15) is 9.86 Å². The van der Waals surface area contributed by atoms with Crippen molar-refractivity contribution < 1.29 is 4.92 Å². The molecule has 3 heterocycles. The highest BCUT2D eigenvalue weighted by molar-refractivity contribution is 8.00. The zero-order valence-electron chi connectivity index (χ0n) is 10.6. The summed E-state index contributed by atoms with van der Waals surface area (Å²) in [5, 5.41) is 12.5. The number of hydrogen-bond donors (Lipinski definition) is 0. The van der Waals surface area contributed by atoms with Gasteiger partial charge >= 0.3 is 0 Å². The third-order valence-corrected chi connectivity index (χ3v) is 5.03. The quantitative estimate of drug-likeness (QED) is 0.420. The Bertz CT molecular complexity index is 872. The van der Waals surface area contributed by atoms with Gasteiger partial charge in [-0.3, -0.25) is 19.3 Å². The molecule has 0 aliphatic rings. The van der Waals surface area contributed by atoms with Crippen molar-refractivity contribution in [2.75, 3.05) is 0 Å². The number of hydrogen-bond acceptors (Lipinski definition) is 6. The molecule has 0 spiro atoms. The molecule has 0 radical (unpaired) electrons. The van der Waals surface area contributed by atoms with E-state index in [1.165, 1.54) is 39.6 Å². The lowest BCUT2D eigenvalue weighted by molar-refractivity contribution is -0.387. The van der Waals surface area contributed by atoms with Crippen LogP contribution in [-0.2, 0) is 5.75 Å². The van der Waals surface area contributed by atoms with Gasteiger partial charge in [-0.15, -0.1) is 23.1 Å². The summed E-state index contributed by atoms with van der Waals surface area (Å²) in [5.74, 6) is 0.419. The van der Waals surface area contributed by atoms with Crippen LogP contribution in [0.3, 0.4) is 0 Å². The SMILES string of the molecule is O=c1cc(CSc2sccc2[N+](=O)[O-])nc2ccccn12. The van der Waals surface area contributed by atoms with E-state index in [2.05, 4.69) is 4.98 Å². The smallest absolute Gasteiger partial charge is 0.269 e. The average molecular weight is 319 g/mol. The van der Waals surface area contributed by atoms with E-state index < -0.39 is 4.92 Å². The van der Waals surface area contributed by atoms with Gasteiger partial charge in [0.25, 0.3) is 11.2 Å². The average Bonchev–Trinajstić information content (AvgIpc) is 2.94. The third-order valence-electron chi connectivity index (χ3n) is 2.78. The lowest BCUT2D eigenvalue weighted by Gasteiger charge is -2.03. The number of rotatable bonds is 4. The lowest BCUT2D eigenvalue weighted by Crippen LogP contribution is -2.14. The second-order valence-electron chi connectivity index (χ2n) is 4.15. The van der Waals surface area contributed by atoms with Gasteiger partial charge in [0.15, 0.2) is 0 Å². The van der Waals surface area contributed by atoms with Crippen molar-refractivity contribution in [2.24, 2.45) is 0 Å². The Morgan fingerprint density at radius 1 is 1.38 bits per heavy atom. The van der Waals surface area contributed by atoms with E-state index in [1.54, 1.807) is 23.7 Å². The molecule has 0 amide bonds. The molecule has 3 rings (SSSR count). The molecular weight excluding hydrogens is 310 g/mol.